The van der Waals surface area contributed by atoms with E-state index in [1.165, 1.54) is 24.3 Å². The van der Waals surface area contributed by atoms with E-state index in [2.05, 4.69) is 0 Å². The molecule has 4 nitrogen and oxygen atoms in total. The molecule has 1 aliphatic rings. The van der Waals surface area contributed by atoms with E-state index >= 15 is 0 Å². The molecule has 0 atom stereocenters. The molecule has 1 aliphatic heterocycles. The van der Waals surface area contributed by atoms with Crippen molar-refractivity contribution in [2.24, 2.45) is 0 Å². The van der Waals surface area contributed by atoms with Crippen molar-refractivity contribution in [2.45, 2.75) is 0 Å². The average Bonchev–Trinajstić information content (AvgIpc) is 2.80. The summed E-state index contributed by atoms with van der Waals surface area (Å²) >= 11 is 0. The molecule has 0 aliphatic carbocycles. The molecule has 0 unspecified atom stereocenters. The number of hydrogen-bond acceptors (Lipinski definition) is 4. The summed E-state index contributed by atoms with van der Waals surface area (Å²) in [5.41, 5.74) is 0.598. The Kier molecular flexibility index (Phi) is 2.52. The lowest BCUT2D eigenvalue weighted by Gasteiger charge is -2.02. The number of halogens is 1. The first-order valence-corrected chi connectivity index (χ1v) is 5.48. The molecular formula is C14H7FO4. The van der Waals surface area contributed by atoms with Crippen LogP contribution in [-0.2, 0) is 0 Å². The van der Waals surface area contributed by atoms with Crippen LogP contribution in [0.2, 0.25) is 0 Å². The monoisotopic (exact) mass is 258 g/mol. The number of fused-ring (bicyclic) bond motifs is 2. The summed E-state index contributed by atoms with van der Waals surface area (Å²) in [4.78, 5) is 32.4. The molecule has 94 valence electrons. The van der Waals surface area contributed by atoms with Crippen molar-refractivity contribution in [1.82, 2.24) is 0 Å². The van der Waals surface area contributed by atoms with Gasteiger partial charge in [-0.1, -0.05) is 12.1 Å². The van der Waals surface area contributed by atoms with E-state index in [4.69, 9.17) is 9.78 Å². The second kappa shape index (κ2) is 4.20. The maximum Gasteiger partial charge on any atom is 0.332 e. The van der Waals surface area contributed by atoms with Crippen LogP contribution in [-0.4, -0.2) is 11.8 Å². The van der Waals surface area contributed by atoms with Gasteiger partial charge in [-0.3, -0.25) is 19.4 Å². The molecular weight excluding hydrogens is 251 g/mol. The SMILES string of the molecule is O=C(F)c1ccc(C(=O)c2ccc3cc2OO3)cc1. The van der Waals surface area contributed by atoms with Gasteiger partial charge in [-0.25, -0.2) is 0 Å². The number of hydrogen-bond donors (Lipinski definition) is 0. The lowest BCUT2D eigenvalue weighted by atomic mass is 10.0. The zero-order chi connectivity index (χ0) is 13.4. The normalized spacial score (nSPS) is 11.6. The van der Waals surface area contributed by atoms with E-state index in [1.54, 1.807) is 18.2 Å². The molecule has 19 heavy (non-hydrogen) atoms. The third kappa shape index (κ3) is 1.95. The first kappa shape index (κ1) is 11.4. The summed E-state index contributed by atoms with van der Waals surface area (Å²) in [5.74, 6) is 0.586. The number of rotatable bonds is 3. The van der Waals surface area contributed by atoms with Gasteiger partial charge < -0.3 is 0 Å². The van der Waals surface area contributed by atoms with Gasteiger partial charge in [0.05, 0.1) is 11.1 Å². The summed E-state index contributed by atoms with van der Waals surface area (Å²) in [6.45, 7) is 0. The van der Waals surface area contributed by atoms with Gasteiger partial charge in [0.2, 0.25) is 0 Å². The van der Waals surface area contributed by atoms with Crippen LogP contribution in [0.3, 0.4) is 0 Å². The van der Waals surface area contributed by atoms with Crippen LogP contribution in [0, 0.1) is 0 Å². The van der Waals surface area contributed by atoms with Gasteiger partial charge in [-0.15, -0.1) is 0 Å². The van der Waals surface area contributed by atoms with Gasteiger partial charge in [-0.2, -0.15) is 4.39 Å². The first-order chi connectivity index (χ1) is 9.15. The Balaban J connectivity index is 1.94. The fourth-order valence-electron chi connectivity index (χ4n) is 1.81. The minimum Gasteiger partial charge on any atom is -0.290 e. The molecule has 0 radical (unpaired) electrons. The Morgan fingerprint density at radius 1 is 0.895 bits per heavy atom. The number of carbonyl (C=O) groups is 2. The van der Waals surface area contributed by atoms with Crippen LogP contribution in [0.25, 0.3) is 0 Å². The van der Waals surface area contributed by atoms with E-state index in [9.17, 15) is 14.0 Å². The zero-order valence-corrected chi connectivity index (χ0v) is 9.55. The van der Waals surface area contributed by atoms with E-state index in [1.807, 2.05) is 0 Å². The topological polar surface area (TPSA) is 52.6 Å². The molecule has 2 aromatic rings. The Hall–Kier alpha value is -2.69. The van der Waals surface area contributed by atoms with Gasteiger partial charge >= 0.3 is 6.04 Å². The molecule has 0 saturated carbocycles. The smallest absolute Gasteiger partial charge is 0.290 e. The molecule has 5 heteroatoms. The third-order valence-electron chi connectivity index (χ3n) is 2.80. The van der Waals surface area contributed by atoms with E-state index in [0.29, 0.717) is 22.6 Å². The number of carbonyl (C=O) groups excluding carboxylic acids is 2. The van der Waals surface area contributed by atoms with Gasteiger partial charge in [0.15, 0.2) is 17.3 Å². The van der Waals surface area contributed by atoms with Crippen LogP contribution in [0.4, 0.5) is 4.39 Å². The molecule has 1 heterocycles. The van der Waals surface area contributed by atoms with Crippen molar-refractivity contribution in [1.29, 1.82) is 0 Å². The Morgan fingerprint density at radius 2 is 1.58 bits per heavy atom. The van der Waals surface area contributed by atoms with E-state index in [0.717, 1.165) is 0 Å². The predicted molar refractivity (Wildman–Crippen MR) is 63.0 cm³/mol. The van der Waals surface area contributed by atoms with Crippen LogP contribution >= 0.6 is 0 Å². The largest absolute Gasteiger partial charge is 0.332 e. The van der Waals surface area contributed by atoms with Crippen LogP contribution in [0.1, 0.15) is 26.3 Å². The highest BCUT2D eigenvalue weighted by Crippen LogP contribution is 2.32. The fourth-order valence-corrected chi connectivity index (χ4v) is 1.81. The molecule has 2 aromatic carbocycles. The highest BCUT2D eigenvalue weighted by atomic mass is 19.1. The van der Waals surface area contributed by atoms with Gasteiger partial charge in [0.25, 0.3) is 0 Å². The fraction of sp³-hybridized carbons (Fsp3) is 0. The van der Waals surface area contributed by atoms with Gasteiger partial charge in [0.1, 0.15) is 0 Å². The van der Waals surface area contributed by atoms with Crippen molar-refractivity contribution in [2.75, 3.05) is 0 Å². The standard InChI is InChI=1S/C14H7FO4/c15-14(17)9-3-1-8(2-4-9)13(16)11-6-5-10-7-12(11)19-18-10/h1-7H. The second-order valence-corrected chi connectivity index (χ2v) is 4.00. The zero-order valence-electron chi connectivity index (χ0n) is 9.55. The molecule has 0 amide bonds. The molecule has 3 rings (SSSR count). The Bertz CT molecular complexity index is 676. The Morgan fingerprint density at radius 3 is 2.26 bits per heavy atom. The van der Waals surface area contributed by atoms with E-state index < -0.39 is 6.04 Å². The molecule has 0 aromatic heterocycles. The maximum absolute atomic E-state index is 12.5. The minimum atomic E-state index is -1.53. The highest BCUT2D eigenvalue weighted by molar-refractivity contribution is 6.11. The van der Waals surface area contributed by atoms with Crippen LogP contribution < -0.4 is 9.78 Å². The van der Waals surface area contributed by atoms with Gasteiger partial charge in [0, 0.05) is 11.6 Å². The lowest BCUT2D eigenvalue weighted by Crippen LogP contribution is -2.03. The summed E-state index contributed by atoms with van der Waals surface area (Å²) < 4.78 is 12.5. The molecule has 0 N–H and O–H groups in total. The second-order valence-electron chi connectivity index (χ2n) is 4.00. The predicted octanol–water partition coefficient (Wildman–Crippen LogP) is 2.71. The highest BCUT2D eigenvalue weighted by Gasteiger charge is 2.21. The summed E-state index contributed by atoms with van der Waals surface area (Å²) in [7, 11) is 0. The van der Waals surface area contributed by atoms with E-state index in [-0.39, 0.29) is 11.3 Å². The maximum atomic E-state index is 12.5. The molecule has 2 bridgehead atoms. The molecule has 0 saturated heterocycles. The summed E-state index contributed by atoms with van der Waals surface area (Å²) in [5, 5.41) is 0. The van der Waals surface area contributed by atoms with Crippen molar-refractivity contribution < 1.29 is 23.8 Å². The minimum absolute atomic E-state index is 0.0870. The third-order valence-corrected chi connectivity index (χ3v) is 2.80. The van der Waals surface area contributed by atoms with Crippen LogP contribution in [0.5, 0.6) is 11.5 Å². The Labute approximate surface area is 107 Å². The number of ketones is 1. The average molecular weight is 258 g/mol. The van der Waals surface area contributed by atoms with Crippen molar-refractivity contribution in [3.05, 3.63) is 59.2 Å². The first-order valence-electron chi connectivity index (χ1n) is 5.48. The summed E-state index contributed by atoms with van der Waals surface area (Å²) in [6.07, 6.45) is 0. The molecule has 0 spiro atoms. The molecule has 0 fully saturated rings. The van der Waals surface area contributed by atoms with Crippen LogP contribution in [0.15, 0.2) is 42.5 Å². The van der Waals surface area contributed by atoms with Crippen molar-refractivity contribution in [3.63, 3.8) is 0 Å². The van der Waals surface area contributed by atoms with Crippen molar-refractivity contribution in [3.8, 4) is 11.5 Å². The quantitative estimate of drug-likeness (QED) is 0.482. The van der Waals surface area contributed by atoms with Crippen molar-refractivity contribution >= 4 is 11.8 Å². The number of benzene rings is 2. The lowest BCUT2D eigenvalue weighted by molar-refractivity contribution is -0.0849. The van der Waals surface area contributed by atoms with Gasteiger partial charge in [-0.05, 0) is 24.3 Å². The summed E-state index contributed by atoms with van der Waals surface area (Å²) in [6, 6.07) is 8.60.